The van der Waals surface area contributed by atoms with Crippen molar-refractivity contribution in [2.24, 2.45) is 0 Å². The lowest BCUT2D eigenvalue weighted by Crippen LogP contribution is -2.32. The van der Waals surface area contributed by atoms with Gasteiger partial charge in [-0.3, -0.25) is 0 Å². The van der Waals surface area contributed by atoms with Crippen LogP contribution in [-0.4, -0.2) is 21.7 Å². The van der Waals surface area contributed by atoms with Gasteiger partial charge in [0.25, 0.3) is 0 Å². The standard InChI is InChI=1S/C16H19N3O2/c1-16(2,3)21-15(20)18-10-12-6-4-5-7-13(12)14-8-9-17-11-19-14/h4-9,11H,10H2,1-3H3,(H,18,20). The van der Waals surface area contributed by atoms with Crippen LogP contribution in [0.25, 0.3) is 11.3 Å². The Labute approximate surface area is 124 Å². The zero-order valence-electron chi connectivity index (χ0n) is 12.5. The lowest BCUT2D eigenvalue weighted by molar-refractivity contribution is 0.0523. The molecular weight excluding hydrogens is 266 g/mol. The number of benzene rings is 1. The van der Waals surface area contributed by atoms with Crippen LogP contribution in [0.15, 0.2) is 42.9 Å². The van der Waals surface area contributed by atoms with Gasteiger partial charge in [-0.05, 0) is 32.4 Å². The molecule has 0 spiro atoms. The van der Waals surface area contributed by atoms with Crippen LogP contribution in [0.5, 0.6) is 0 Å². The van der Waals surface area contributed by atoms with Crippen LogP contribution >= 0.6 is 0 Å². The molecule has 0 radical (unpaired) electrons. The van der Waals surface area contributed by atoms with Crippen LogP contribution in [0.4, 0.5) is 4.79 Å². The quantitative estimate of drug-likeness (QED) is 0.940. The minimum Gasteiger partial charge on any atom is -0.444 e. The summed E-state index contributed by atoms with van der Waals surface area (Å²) in [5.41, 5.74) is 2.26. The molecule has 5 nitrogen and oxygen atoms in total. The highest BCUT2D eigenvalue weighted by molar-refractivity contribution is 5.69. The zero-order chi connectivity index (χ0) is 15.3. The van der Waals surface area contributed by atoms with Gasteiger partial charge < -0.3 is 10.1 Å². The highest BCUT2D eigenvalue weighted by Crippen LogP contribution is 2.20. The summed E-state index contributed by atoms with van der Waals surface area (Å²) in [5.74, 6) is 0. The molecule has 0 aliphatic rings. The third-order valence-corrected chi connectivity index (χ3v) is 2.70. The van der Waals surface area contributed by atoms with Crippen molar-refractivity contribution in [1.29, 1.82) is 0 Å². The summed E-state index contributed by atoms with van der Waals surface area (Å²) in [5, 5.41) is 2.76. The van der Waals surface area contributed by atoms with Gasteiger partial charge in [0.2, 0.25) is 0 Å². The summed E-state index contributed by atoms with van der Waals surface area (Å²) in [7, 11) is 0. The average molecular weight is 285 g/mol. The molecule has 0 unspecified atom stereocenters. The molecule has 1 N–H and O–H groups in total. The van der Waals surface area contributed by atoms with Gasteiger partial charge in [0.15, 0.2) is 0 Å². The Morgan fingerprint density at radius 1 is 1.24 bits per heavy atom. The van der Waals surface area contributed by atoms with E-state index >= 15 is 0 Å². The number of hydrogen-bond donors (Lipinski definition) is 1. The monoisotopic (exact) mass is 285 g/mol. The smallest absolute Gasteiger partial charge is 0.407 e. The fraction of sp³-hybridized carbons (Fsp3) is 0.312. The van der Waals surface area contributed by atoms with Crippen LogP contribution in [0.2, 0.25) is 0 Å². The lowest BCUT2D eigenvalue weighted by atomic mass is 10.0. The largest absolute Gasteiger partial charge is 0.444 e. The first-order valence-corrected chi connectivity index (χ1v) is 6.77. The Kier molecular flexibility index (Phi) is 4.52. The normalized spacial score (nSPS) is 11.0. The van der Waals surface area contributed by atoms with Gasteiger partial charge in [-0.1, -0.05) is 24.3 Å². The molecule has 110 valence electrons. The molecule has 0 atom stereocenters. The van der Waals surface area contributed by atoms with Crippen LogP contribution < -0.4 is 5.32 Å². The minimum atomic E-state index is -0.504. The number of rotatable bonds is 3. The van der Waals surface area contributed by atoms with Crippen molar-refractivity contribution >= 4 is 6.09 Å². The molecule has 5 heteroatoms. The average Bonchev–Trinajstić information content (AvgIpc) is 2.45. The summed E-state index contributed by atoms with van der Waals surface area (Å²) in [6.45, 7) is 5.89. The van der Waals surface area contributed by atoms with Crippen molar-refractivity contribution in [3.63, 3.8) is 0 Å². The van der Waals surface area contributed by atoms with E-state index in [4.69, 9.17) is 4.74 Å². The van der Waals surface area contributed by atoms with Crippen LogP contribution in [0, 0.1) is 0 Å². The number of amides is 1. The zero-order valence-corrected chi connectivity index (χ0v) is 12.5. The first-order chi connectivity index (χ1) is 9.96. The predicted octanol–water partition coefficient (Wildman–Crippen LogP) is 3.17. The van der Waals surface area contributed by atoms with E-state index in [1.54, 1.807) is 6.20 Å². The second kappa shape index (κ2) is 6.35. The number of carbonyl (C=O) groups excluding carboxylic acids is 1. The second-order valence-corrected chi connectivity index (χ2v) is 5.61. The molecule has 0 bridgehead atoms. The van der Waals surface area contributed by atoms with Crippen molar-refractivity contribution < 1.29 is 9.53 Å². The molecule has 0 aliphatic heterocycles. The van der Waals surface area contributed by atoms with Crippen LogP contribution in [0.1, 0.15) is 26.3 Å². The highest BCUT2D eigenvalue weighted by Gasteiger charge is 2.16. The maximum Gasteiger partial charge on any atom is 0.407 e. The Hall–Kier alpha value is -2.43. The summed E-state index contributed by atoms with van der Waals surface area (Å²) in [6.07, 6.45) is 2.77. The number of aromatic nitrogens is 2. The van der Waals surface area contributed by atoms with Gasteiger partial charge in [0.1, 0.15) is 11.9 Å². The van der Waals surface area contributed by atoms with Gasteiger partial charge in [-0.25, -0.2) is 14.8 Å². The van der Waals surface area contributed by atoms with Crippen LogP contribution in [0.3, 0.4) is 0 Å². The molecule has 2 aromatic rings. The van der Waals surface area contributed by atoms with Crippen molar-refractivity contribution in [1.82, 2.24) is 15.3 Å². The number of nitrogens with one attached hydrogen (secondary N) is 1. The van der Waals surface area contributed by atoms with E-state index in [9.17, 15) is 4.79 Å². The molecule has 0 saturated heterocycles. The van der Waals surface area contributed by atoms with E-state index in [2.05, 4.69) is 15.3 Å². The lowest BCUT2D eigenvalue weighted by Gasteiger charge is -2.20. The Balaban J connectivity index is 2.10. The van der Waals surface area contributed by atoms with E-state index in [0.29, 0.717) is 6.54 Å². The maximum absolute atomic E-state index is 11.7. The summed E-state index contributed by atoms with van der Waals surface area (Å²) < 4.78 is 5.23. The van der Waals surface area contributed by atoms with Gasteiger partial charge >= 0.3 is 6.09 Å². The van der Waals surface area contributed by atoms with Crippen molar-refractivity contribution in [3.05, 3.63) is 48.4 Å². The fourth-order valence-corrected chi connectivity index (χ4v) is 1.86. The summed E-state index contributed by atoms with van der Waals surface area (Å²) in [4.78, 5) is 19.9. The van der Waals surface area contributed by atoms with E-state index in [0.717, 1.165) is 16.8 Å². The second-order valence-electron chi connectivity index (χ2n) is 5.61. The maximum atomic E-state index is 11.7. The first kappa shape index (κ1) is 15.0. The third kappa shape index (κ3) is 4.56. The van der Waals surface area contributed by atoms with Gasteiger partial charge in [-0.15, -0.1) is 0 Å². The number of carbonyl (C=O) groups is 1. The summed E-state index contributed by atoms with van der Waals surface area (Å²) >= 11 is 0. The van der Waals surface area contributed by atoms with E-state index in [1.807, 2.05) is 51.1 Å². The molecule has 0 saturated carbocycles. The summed E-state index contributed by atoms with van der Waals surface area (Å²) in [6, 6.07) is 9.63. The van der Waals surface area contributed by atoms with Crippen molar-refractivity contribution in [2.45, 2.75) is 32.9 Å². The Morgan fingerprint density at radius 2 is 2.00 bits per heavy atom. The van der Waals surface area contributed by atoms with E-state index in [-0.39, 0.29) is 0 Å². The molecule has 1 aromatic heterocycles. The molecule has 1 aromatic carbocycles. The van der Waals surface area contributed by atoms with Gasteiger partial charge in [0.05, 0.1) is 5.69 Å². The molecule has 0 fully saturated rings. The SMILES string of the molecule is CC(C)(C)OC(=O)NCc1ccccc1-c1ccncn1. The Morgan fingerprint density at radius 3 is 2.67 bits per heavy atom. The van der Waals surface area contributed by atoms with Gasteiger partial charge in [0, 0.05) is 18.3 Å². The van der Waals surface area contributed by atoms with Crippen molar-refractivity contribution in [2.75, 3.05) is 0 Å². The third-order valence-electron chi connectivity index (χ3n) is 2.70. The molecule has 1 heterocycles. The molecule has 21 heavy (non-hydrogen) atoms. The molecule has 1 amide bonds. The van der Waals surface area contributed by atoms with Gasteiger partial charge in [-0.2, -0.15) is 0 Å². The topological polar surface area (TPSA) is 64.1 Å². The fourth-order valence-electron chi connectivity index (χ4n) is 1.86. The van der Waals surface area contributed by atoms with E-state index in [1.165, 1.54) is 6.33 Å². The number of nitrogens with zero attached hydrogens (tertiary/aromatic N) is 2. The molecule has 2 rings (SSSR count). The molecule has 0 aliphatic carbocycles. The molecular formula is C16H19N3O2. The number of alkyl carbamates (subject to hydrolysis) is 1. The first-order valence-electron chi connectivity index (χ1n) is 6.77. The highest BCUT2D eigenvalue weighted by atomic mass is 16.6. The predicted molar refractivity (Wildman–Crippen MR) is 80.5 cm³/mol. The van der Waals surface area contributed by atoms with Crippen molar-refractivity contribution in [3.8, 4) is 11.3 Å². The number of hydrogen-bond acceptors (Lipinski definition) is 4. The minimum absolute atomic E-state index is 0.384. The Bertz CT molecular complexity index is 606. The number of ether oxygens (including phenoxy) is 1. The van der Waals surface area contributed by atoms with E-state index < -0.39 is 11.7 Å². The van der Waals surface area contributed by atoms with Crippen LogP contribution in [-0.2, 0) is 11.3 Å².